The van der Waals surface area contributed by atoms with Crippen LogP contribution in [0.4, 0.5) is 4.39 Å². The van der Waals surface area contributed by atoms with Crippen molar-refractivity contribution in [3.05, 3.63) is 42.0 Å². The van der Waals surface area contributed by atoms with Gasteiger partial charge in [-0.05, 0) is 22.6 Å². The Bertz CT molecular complexity index is 621. The summed E-state index contributed by atoms with van der Waals surface area (Å²) in [6, 6.07) is -0.986. The molecule has 0 amide bonds. The summed E-state index contributed by atoms with van der Waals surface area (Å²) in [6.07, 6.45) is 0.0828. The van der Waals surface area contributed by atoms with Gasteiger partial charge in [0.2, 0.25) is 0 Å². The normalized spacial score (nSPS) is 23.8. The summed E-state index contributed by atoms with van der Waals surface area (Å²) in [7, 11) is 0. The highest BCUT2D eigenvalue weighted by Crippen LogP contribution is 2.35. The van der Waals surface area contributed by atoms with Gasteiger partial charge in [-0.2, -0.15) is 0 Å². The Morgan fingerprint density at radius 2 is 2.22 bits per heavy atom. The zero-order valence-electron chi connectivity index (χ0n) is 9.06. The third-order valence-electron chi connectivity index (χ3n) is 2.88. The van der Waals surface area contributed by atoms with Crippen molar-refractivity contribution in [2.75, 3.05) is 6.61 Å². The van der Waals surface area contributed by atoms with E-state index in [-0.39, 0.29) is 15.6 Å². The Kier molecular flexibility index (Phi) is 3.69. The van der Waals surface area contributed by atoms with Crippen molar-refractivity contribution in [2.45, 2.75) is 18.6 Å². The van der Waals surface area contributed by atoms with Crippen LogP contribution >= 0.6 is 22.6 Å². The number of hydrogen-bond donors (Lipinski definition) is 3. The van der Waals surface area contributed by atoms with Crippen LogP contribution in [0.15, 0.2) is 27.2 Å². The fourth-order valence-corrected chi connectivity index (χ4v) is 2.37. The Labute approximate surface area is 114 Å². The van der Waals surface area contributed by atoms with Crippen LogP contribution in [0.5, 0.6) is 0 Å². The lowest BCUT2D eigenvalue weighted by Crippen LogP contribution is -2.33. The van der Waals surface area contributed by atoms with E-state index < -0.39 is 35.8 Å². The van der Waals surface area contributed by atoms with Crippen LogP contribution in [-0.4, -0.2) is 32.5 Å². The molecule has 0 aliphatic heterocycles. The number of aliphatic hydroxyl groups is 2. The summed E-state index contributed by atoms with van der Waals surface area (Å²) in [4.78, 5) is 24.9. The molecule has 8 heteroatoms. The molecule has 0 saturated heterocycles. The van der Waals surface area contributed by atoms with Crippen molar-refractivity contribution >= 4 is 22.6 Å². The number of nitrogens with zero attached hydrogens (tertiary/aromatic N) is 1. The molecule has 0 spiro atoms. The zero-order valence-corrected chi connectivity index (χ0v) is 11.2. The predicted molar refractivity (Wildman–Crippen MR) is 68.9 cm³/mol. The summed E-state index contributed by atoms with van der Waals surface area (Å²) in [6.45, 7) is -0.599. The minimum absolute atomic E-state index is 0.0379. The molecule has 2 unspecified atom stereocenters. The van der Waals surface area contributed by atoms with E-state index >= 15 is 0 Å². The zero-order chi connectivity index (χ0) is 13.4. The second-order valence-electron chi connectivity index (χ2n) is 3.94. The standard InChI is InChI=1S/C10H10FIN2O4/c11-8-4(3-15)7(16)1-6(8)14-2-5(12)9(17)13-10(14)18/h2,6-7,15-16H,1,3H2,(H,13,17,18). The number of hydrogen-bond acceptors (Lipinski definition) is 4. The van der Waals surface area contributed by atoms with Gasteiger partial charge in [0.1, 0.15) is 5.83 Å². The Morgan fingerprint density at radius 3 is 2.78 bits per heavy atom. The fourth-order valence-electron chi connectivity index (χ4n) is 1.94. The molecule has 3 N–H and O–H groups in total. The molecule has 0 bridgehead atoms. The van der Waals surface area contributed by atoms with E-state index in [4.69, 9.17) is 5.11 Å². The molecule has 1 aromatic heterocycles. The van der Waals surface area contributed by atoms with Crippen molar-refractivity contribution < 1.29 is 14.6 Å². The predicted octanol–water partition coefficient (Wildman–Crippen LogP) is -0.337. The Morgan fingerprint density at radius 1 is 1.56 bits per heavy atom. The number of allylic oxidation sites excluding steroid dienone is 1. The van der Waals surface area contributed by atoms with E-state index in [9.17, 15) is 19.1 Å². The first-order chi connectivity index (χ1) is 8.45. The minimum atomic E-state index is -1.11. The molecule has 1 aromatic rings. The lowest BCUT2D eigenvalue weighted by atomic mass is 10.2. The number of rotatable bonds is 2. The first-order valence-corrected chi connectivity index (χ1v) is 6.22. The molecule has 98 valence electrons. The van der Waals surface area contributed by atoms with Gasteiger partial charge in [0.15, 0.2) is 0 Å². The first kappa shape index (κ1) is 13.4. The SMILES string of the molecule is O=c1[nH]c(=O)n(C2CC(O)C(CO)=C2F)cc1I. The molecule has 1 aliphatic rings. The topological polar surface area (TPSA) is 95.3 Å². The summed E-state index contributed by atoms with van der Waals surface area (Å²) in [5.74, 6) is -0.727. The molecular formula is C10H10FIN2O4. The van der Waals surface area contributed by atoms with Crippen LogP contribution in [0.2, 0.25) is 0 Å². The molecule has 2 rings (SSSR count). The van der Waals surface area contributed by atoms with Gasteiger partial charge in [-0.15, -0.1) is 0 Å². The average molecular weight is 368 g/mol. The van der Waals surface area contributed by atoms with Crippen LogP contribution < -0.4 is 11.2 Å². The van der Waals surface area contributed by atoms with E-state index in [1.807, 2.05) is 0 Å². The third-order valence-corrected chi connectivity index (χ3v) is 3.65. The maximum absolute atomic E-state index is 13.9. The average Bonchev–Trinajstić information content (AvgIpc) is 2.59. The van der Waals surface area contributed by atoms with Crippen molar-refractivity contribution in [1.29, 1.82) is 0 Å². The number of aromatic amines is 1. The molecule has 2 atom stereocenters. The minimum Gasteiger partial charge on any atom is -0.392 e. The smallest absolute Gasteiger partial charge is 0.329 e. The van der Waals surface area contributed by atoms with Gasteiger partial charge in [-0.25, -0.2) is 9.18 Å². The molecule has 6 nitrogen and oxygen atoms in total. The van der Waals surface area contributed by atoms with E-state index in [0.717, 1.165) is 4.57 Å². The quantitative estimate of drug-likeness (QED) is 0.623. The highest BCUT2D eigenvalue weighted by Gasteiger charge is 2.34. The van der Waals surface area contributed by atoms with E-state index in [1.165, 1.54) is 6.20 Å². The summed E-state index contributed by atoms with van der Waals surface area (Å²) < 4.78 is 15.2. The molecular weight excluding hydrogens is 358 g/mol. The van der Waals surface area contributed by atoms with Gasteiger partial charge in [-0.3, -0.25) is 14.3 Å². The van der Waals surface area contributed by atoms with Crippen LogP contribution in [0.1, 0.15) is 12.5 Å². The molecule has 0 radical (unpaired) electrons. The number of aromatic nitrogens is 2. The van der Waals surface area contributed by atoms with Gasteiger partial charge in [0.25, 0.3) is 5.56 Å². The summed E-state index contributed by atoms with van der Waals surface area (Å²) >= 11 is 1.73. The van der Waals surface area contributed by atoms with Gasteiger partial charge >= 0.3 is 5.69 Å². The van der Waals surface area contributed by atoms with Crippen LogP contribution in [0, 0.1) is 3.57 Å². The van der Waals surface area contributed by atoms with Crippen LogP contribution in [-0.2, 0) is 0 Å². The lowest BCUT2D eigenvalue weighted by Gasteiger charge is -2.13. The molecule has 18 heavy (non-hydrogen) atoms. The highest BCUT2D eigenvalue weighted by molar-refractivity contribution is 14.1. The molecule has 0 saturated carbocycles. The second-order valence-corrected chi connectivity index (χ2v) is 5.10. The van der Waals surface area contributed by atoms with Crippen LogP contribution in [0.25, 0.3) is 0 Å². The number of H-pyrrole nitrogens is 1. The van der Waals surface area contributed by atoms with Gasteiger partial charge in [-0.1, -0.05) is 0 Å². The third kappa shape index (κ3) is 2.15. The Hall–Kier alpha value is -1.00. The maximum atomic E-state index is 13.9. The second kappa shape index (κ2) is 4.94. The monoisotopic (exact) mass is 368 g/mol. The van der Waals surface area contributed by atoms with Crippen molar-refractivity contribution in [3.8, 4) is 0 Å². The van der Waals surface area contributed by atoms with Gasteiger partial charge in [0, 0.05) is 18.2 Å². The van der Waals surface area contributed by atoms with E-state index in [1.54, 1.807) is 22.6 Å². The molecule has 0 aromatic carbocycles. The molecule has 0 fully saturated rings. The largest absolute Gasteiger partial charge is 0.392 e. The van der Waals surface area contributed by atoms with Crippen molar-refractivity contribution in [2.24, 2.45) is 0 Å². The fraction of sp³-hybridized carbons (Fsp3) is 0.400. The number of halogens is 2. The lowest BCUT2D eigenvalue weighted by molar-refractivity contribution is 0.181. The van der Waals surface area contributed by atoms with E-state index in [0.29, 0.717) is 0 Å². The summed E-state index contributed by atoms with van der Waals surface area (Å²) in [5, 5.41) is 18.5. The van der Waals surface area contributed by atoms with Crippen molar-refractivity contribution in [3.63, 3.8) is 0 Å². The van der Waals surface area contributed by atoms with Gasteiger partial charge < -0.3 is 10.2 Å². The molecule has 1 aliphatic carbocycles. The van der Waals surface area contributed by atoms with E-state index in [2.05, 4.69) is 4.98 Å². The number of aliphatic hydroxyl groups excluding tert-OH is 2. The van der Waals surface area contributed by atoms with Gasteiger partial charge in [0.05, 0.1) is 22.3 Å². The van der Waals surface area contributed by atoms with Crippen molar-refractivity contribution in [1.82, 2.24) is 9.55 Å². The van der Waals surface area contributed by atoms with Crippen LogP contribution in [0.3, 0.4) is 0 Å². The maximum Gasteiger partial charge on any atom is 0.329 e. The summed E-state index contributed by atoms with van der Waals surface area (Å²) in [5.41, 5.74) is -1.40. The Balaban J connectivity index is 2.52. The first-order valence-electron chi connectivity index (χ1n) is 5.14. The highest BCUT2D eigenvalue weighted by atomic mass is 127. The molecule has 1 heterocycles. The number of nitrogens with one attached hydrogen (secondary N) is 1.